The van der Waals surface area contributed by atoms with Gasteiger partial charge in [0.2, 0.25) is 5.91 Å². The minimum atomic E-state index is -0.450. The first kappa shape index (κ1) is 25.1. The highest BCUT2D eigenvalue weighted by molar-refractivity contribution is 5.82. The summed E-state index contributed by atoms with van der Waals surface area (Å²) in [6.07, 6.45) is 3.54. The molecule has 0 aliphatic rings. The van der Waals surface area contributed by atoms with Gasteiger partial charge in [-0.05, 0) is 39.5 Å². The van der Waals surface area contributed by atoms with E-state index in [9.17, 15) is 9.59 Å². The second-order valence-corrected chi connectivity index (χ2v) is 7.89. The molecular weight excluding hydrogens is 330 g/mol. The summed E-state index contributed by atoms with van der Waals surface area (Å²) in [5, 5.41) is 2.96. The minimum Gasteiger partial charge on any atom is -0.380 e. The molecule has 5 heteroatoms. The van der Waals surface area contributed by atoms with E-state index in [4.69, 9.17) is 9.47 Å². The number of carbonyl (C=O) groups excluding carboxylic acids is 2. The second-order valence-electron chi connectivity index (χ2n) is 7.89. The maximum absolute atomic E-state index is 12.5. The molecule has 0 fully saturated rings. The van der Waals surface area contributed by atoms with E-state index >= 15 is 0 Å². The zero-order valence-electron chi connectivity index (χ0n) is 18.1. The molecule has 1 N–H and O–H groups in total. The monoisotopic (exact) mass is 371 g/mol. The lowest BCUT2D eigenvalue weighted by molar-refractivity contribution is -0.133. The molecule has 0 aromatic heterocycles. The van der Waals surface area contributed by atoms with Crippen LogP contribution >= 0.6 is 0 Å². The number of ketones is 1. The van der Waals surface area contributed by atoms with Gasteiger partial charge >= 0.3 is 0 Å². The highest BCUT2D eigenvalue weighted by Gasteiger charge is 2.32. The number of nitrogens with one attached hydrogen (secondary N) is 1. The van der Waals surface area contributed by atoms with Crippen LogP contribution in [0.3, 0.4) is 0 Å². The smallest absolute Gasteiger partial charge is 0.226 e. The molecule has 0 aliphatic heterocycles. The summed E-state index contributed by atoms with van der Waals surface area (Å²) in [5.41, 5.74) is -0.765. The molecule has 26 heavy (non-hydrogen) atoms. The van der Waals surface area contributed by atoms with Gasteiger partial charge in [-0.1, -0.05) is 34.6 Å². The second kappa shape index (κ2) is 12.4. The molecule has 0 heterocycles. The van der Waals surface area contributed by atoms with Crippen molar-refractivity contribution in [2.24, 2.45) is 11.3 Å². The Balaban J connectivity index is 4.50. The average Bonchev–Trinajstić information content (AvgIpc) is 2.62. The molecule has 0 spiro atoms. The summed E-state index contributed by atoms with van der Waals surface area (Å²) >= 11 is 0. The summed E-state index contributed by atoms with van der Waals surface area (Å²) in [7, 11) is 0. The van der Waals surface area contributed by atoms with Gasteiger partial charge in [-0.25, -0.2) is 0 Å². The predicted molar refractivity (Wildman–Crippen MR) is 106 cm³/mol. The molecule has 0 rings (SSSR count). The highest BCUT2D eigenvalue weighted by atomic mass is 16.5. The Morgan fingerprint density at radius 3 is 2.15 bits per heavy atom. The van der Waals surface area contributed by atoms with Crippen molar-refractivity contribution in [3.05, 3.63) is 0 Å². The van der Waals surface area contributed by atoms with Crippen LogP contribution in [0, 0.1) is 11.3 Å². The Morgan fingerprint density at radius 2 is 1.65 bits per heavy atom. The molecular formula is C21H41NO4. The van der Waals surface area contributed by atoms with Crippen molar-refractivity contribution in [3.8, 4) is 0 Å². The molecule has 0 aliphatic carbocycles. The van der Waals surface area contributed by atoms with Crippen molar-refractivity contribution in [2.45, 2.75) is 86.2 Å². The zero-order chi connectivity index (χ0) is 20.2. The molecule has 0 aromatic rings. The Morgan fingerprint density at radius 1 is 1.00 bits per heavy atom. The fourth-order valence-corrected chi connectivity index (χ4v) is 2.60. The molecule has 0 radical (unpaired) electrons. The van der Waals surface area contributed by atoms with Crippen molar-refractivity contribution >= 4 is 11.7 Å². The molecule has 0 saturated heterocycles. The number of hydrogen-bond acceptors (Lipinski definition) is 4. The molecule has 154 valence electrons. The first-order valence-corrected chi connectivity index (χ1v) is 10.2. The van der Waals surface area contributed by atoms with Crippen molar-refractivity contribution in [1.29, 1.82) is 0 Å². The van der Waals surface area contributed by atoms with Crippen LogP contribution in [0.4, 0.5) is 0 Å². The van der Waals surface area contributed by atoms with E-state index in [1.165, 1.54) is 0 Å². The van der Waals surface area contributed by atoms with Crippen LogP contribution in [0.15, 0.2) is 0 Å². The molecule has 0 saturated carbocycles. The molecule has 5 nitrogen and oxygen atoms in total. The third kappa shape index (κ3) is 9.13. The normalized spacial score (nSPS) is 16.2. The van der Waals surface area contributed by atoms with E-state index < -0.39 is 5.41 Å². The van der Waals surface area contributed by atoms with E-state index in [1.54, 1.807) is 0 Å². The SMILES string of the molecule is CCOCCNC(=O)C(C)(CC)CCOC(C)(CC)CCC(=O)C(C)C. The van der Waals surface area contributed by atoms with Crippen LogP contribution in [-0.2, 0) is 19.1 Å². The van der Waals surface area contributed by atoms with E-state index in [2.05, 4.69) is 19.2 Å². The Hall–Kier alpha value is -0.940. The van der Waals surface area contributed by atoms with E-state index in [-0.39, 0.29) is 23.2 Å². The number of amides is 1. The van der Waals surface area contributed by atoms with Gasteiger partial charge in [0.1, 0.15) is 5.78 Å². The largest absolute Gasteiger partial charge is 0.380 e. The lowest BCUT2D eigenvalue weighted by Gasteiger charge is -2.32. The summed E-state index contributed by atoms with van der Waals surface area (Å²) in [5.74, 6) is 0.400. The molecule has 1 amide bonds. The third-order valence-electron chi connectivity index (χ3n) is 5.46. The highest BCUT2D eigenvalue weighted by Crippen LogP contribution is 2.29. The molecule has 0 aromatic carbocycles. The molecule has 2 atom stereocenters. The number of ether oxygens (including phenoxy) is 2. The summed E-state index contributed by atoms with van der Waals surface area (Å²) in [4.78, 5) is 24.4. The molecule has 2 unspecified atom stereocenters. The standard InChI is InChI=1S/C21H41NO4/c1-8-20(6,19(24)22-14-16-25-10-3)13-15-26-21(7,9-2)12-11-18(23)17(4)5/h17H,8-16H2,1-7H3,(H,22,24). The zero-order valence-corrected chi connectivity index (χ0v) is 18.1. The average molecular weight is 372 g/mol. The van der Waals surface area contributed by atoms with E-state index in [1.807, 2.05) is 34.6 Å². The van der Waals surface area contributed by atoms with Crippen molar-refractivity contribution in [3.63, 3.8) is 0 Å². The maximum Gasteiger partial charge on any atom is 0.226 e. The quantitative estimate of drug-likeness (QED) is 0.440. The number of carbonyl (C=O) groups is 2. The first-order valence-electron chi connectivity index (χ1n) is 10.2. The summed E-state index contributed by atoms with van der Waals surface area (Å²) in [6.45, 7) is 16.2. The topological polar surface area (TPSA) is 64.6 Å². The van der Waals surface area contributed by atoms with Gasteiger partial charge in [0.15, 0.2) is 0 Å². The van der Waals surface area contributed by atoms with E-state index in [0.29, 0.717) is 39.2 Å². The van der Waals surface area contributed by atoms with Crippen LogP contribution in [0.25, 0.3) is 0 Å². The fourth-order valence-electron chi connectivity index (χ4n) is 2.60. The Labute approximate surface area is 160 Å². The lowest BCUT2D eigenvalue weighted by atomic mass is 9.83. The third-order valence-corrected chi connectivity index (χ3v) is 5.46. The Kier molecular flexibility index (Phi) is 12.0. The maximum atomic E-state index is 12.5. The predicted octanol–water partition coefficient (Wildman–Crippen LogP) is 4.14. The van der Waals surface area contributed by atoms with Crippen LogP contribution in [0.5, 0.6) is 0 Å². The summed E-state index contributed by atoms with van der Waals surface area (Å²) < 4.78 is 11.4. The van der Waals surface area contributed by atoms with Crippen molar-refractivity contribution < 1.29 is 19.1 Å². The number of rotatable bonds is 15. The van der Waals surface area contributed by atoms with Gasteiger partial charge in [0.05, 0.1) is 12.2 Å². The van der Waals surface area contributed by atoms with Gasteiger partial charge in [-0.2, -0.15) is 0 Å². The fraction of sp³-hybridized carbons (Fsp3) is 0.905. The van der Waals surface area contributed by atoms with Crippen LogP contribution < -0.4 is 5.32 Å². The first-order chi connectivity index (χ1) is 12.1. The summed E-state index contributed by atoms with van der Waals surface area (Å²) in [6, 6.07) is 0. The van der Waals surface area contributed by atoms with Gasteiger partial charge in [0, 0.05) is 37.5 Å². The van der Waals surface area contributed by atoms with Gasteiger partial charge in [0.25, 0.3) is 0 Å². The van der Waals surface area contributed by atoms with Gasteiger partial charge in [-0.3, -0.25) is 9.59 Å². The van der Waals surface area contributed by atoms with E-state index in [0.717, 1.165) is 19.3 Å². The van der Waals surface area contributed by atoms with Crippen LogP contribution in [0.2, 0.25) is 0 Å². The van der Waals surface area contributed by atoms with Gasteiger partial charge in [-0.15, -0.1) is 0 Å². The van der Waals surface area contributed by atoms with Crippen molar-refractivity contribution in [2.75, 3.05) is 26.4 Å². The van der Waals surface area contributed by atoms with Crippen molar-refractivity contribution in [1.82, 2.24) is 5.32 Å². The Bertz CT molecular complexity index is 424. The lowest BCUT2D eigenvalue weighted by Crippen LogP contribution is -2.41. The number of Topliss-reactive ketones (excluding diaryl/α,β-unsaturated/α-hetero) is 1. The number of hydrogen-bond donors (Lipinski definition) is 1. The van der Waals surface area contributed by atoms with Crippen LogP contribution in [-0.4, -0.2) is 43.7 Å². The minimum absolute atomic E-state index is 0.0523. The molecule has 0 bridgehead atoms. The van der Waals surface area contributed by atoms with Gasteiger partial charge < -0.3 is 14.8 Å². The van der Waals surface area contributed by atoms with Crippen LogP contribution in [0.1, 0.15) is 80.6 Å².